The van der Waals surface area contributed by atoms with E-state index in [1.54, 1.807) is 19.9 Å². The van der Waals surface area contributed by atoms with Crippen LogP contribution in [0.4, 0.5) is 0 Å². The first-order valence-corrected chi connectivity index (χ1v) is 6.61. The quantitative estimate of drug-likeness (QED) is 0.470. The molecule has 0 aromatic heterocycles. The zero-order chi connectivity index (χ0) is 14.8. The third kappa shape index (κ3) is 8.14. The van der Waals surface area contributed by atoms with Crippen molar-refractivity contribution in [1.29, 1.82) is 0 Å². The van der Waals surface area contributed by atoms with Gasteiger partial charge in [0.15, 0.2) is 5.78 Å². The number of allylic oxidation sites excluding steroid dienone is 3. The summed E-state index contributed by atoms with van der Waals surface area (Å²) < 4.78 is 5.33. The molecule has 0 bridgehead atoms. The molecule has 0 heterocycles. The lowest BCUT2D eigenvalue weighted by Gasteiger charge is -2.16. The predicted molar refractivity (Wildman–Crippen MR) is 77.8 cm³/mol. The molecule has 0 fully saturated rings. The van der Waals surface area contributed by atoms with Crippen LogP contribution >= 0.6 is 0 Å². The normalized spacial score (nSPS) is 12.2. The van der Waals surface area contributed by atoms with E-state index in [0.29, 0.717) is 24.0 Å². The average molecular weight is 264 g/mol. The van der Waals surface area contributed by atoms with E-state index in [0.717, 1.165) is 12.8 Å². The molecular formula is C16H24O3. The van der Waals surface area contributed by atoms with Gasteiger partial charge in [0.05, 0.1) is 0 Å². The minimum atomic E-state index is -0.347. The molecule has 0 aliphatic rings. The zero-order valence-electron chi connectivity index (χ0n) is 12.2. The summed E-state index contributed by atoms with van der Waals surface area (Å²) in [6.07, 6.45) is 6.39. The Hall–Kier alpha value is -1.64. The van der Waals surface area contributed by atoms with E-state index >= 15 is 0 Å². The van der Waals surface area contributed by atoms with Gasteiger partial charge in [-0.2, -0.15) is 0 Å². The Bertz CT molecular complexity index is 377. The van der Waals surface area contributed by atoms with Gasteiger partial charge < -0.3 is 4.74 Å². The maximum Gasteiger partial charge on any atom is 0.333 e. The summed E-state index contributed by atoms with van der Waals surface area (Å²) in [4.78, 5) is 22.7. The summed E-state index contributed by atoms with van der Waals surface area (Å²) in [5.41, 5.74) is 0.934. The number of esters is 1. The van der Waals surface area contributed by atoms with Gasteiger partial charge in [-0.1, -0.05) is 32.6 Å². The van der Waals surface area contributed by atoms with Crippen LogP contribution < -0.4 is 0 Å². The number of carbonyl (C=O) groups is 2. The van der Waals surface area contributed by atoms with Crippen molar-refractivity contribution >= 4 is 11.8 Å². The number of hydrogen-bond acceptors (Lipinski definition) is 3. The molecule has 0 aliphatic heterocycles. The standard InChI is InChI=1S/C16H24O3/c1-6-9-14(19-16(18)13(4)5)10-7-8-11-15(17)12(2)3/h8,11,14H,2,4,6-7,9-10H2,1,3,5H3. The van der Waals surface area contributed by atoms with Crippen LogP contribution in [0.1, 0.15) is 46.5 Å². The van der Waals surface area contributed by atoms with Crippen molar-refractivity contribution < 1.29 is 14.3 Å². The first-order valence-electron chi connectivity index (χ1n) is 6.61. The van der Waals surface area contributed by atoms with Crippen molar-refractivity contribution in [2.24, 2.45) is 0 Å². The van der Waals surface area contributed by atoms with Gasteiger partial charge in [0.2, 0.25) is 0 Å². The van der Waals surface area contributed by atoms with Gasteiger partial charge in [-0.25, -0.2) is 4.79 Å². The molecule has 0 saturated carbocycles. The van der Waals surface area contributed by atoms with Gasteiger partial charge in [-0.05, 0) is 44.8 Å². The monoisotopic (exact) mass is 264 g/mol. The second kappa shape index (κ2) is 9.31. The van der Waals surface area contributed by atoms with Gasteiger partial charge in [-0.15, -0.1) is 0 Å². The Morgan fingerprint density at radius 3 is 2.26 bits per heavy atom. The van der Waals surface area contributed by atoms with Crippen molar-refractivity contribution in [2.75, 3.05) is 0 Å². The molecule has 3 nitrogen and oxygen atoms in total. The molecule has 0 rings (SSSR count). The summed E-state index contributed by atoms with van der Waals surface area (Å²) in [7, 11) is 0. The highest BCUT2D eigenvalue weighted by Gasteiger charge is 2.13. The van der Waals surface area contributed by atoms with E-state index in [4.69, 9.17) is 4.74 Å². The van der Waals surface area contributed by atoms with E-state index in [-0.39, 0.29) is 17.9 Å². The maximum atomic E-state index is 11.5. The van der Waals surface area contributed by atoms with E-state index in [1.807, 2.05) is 6.92 Å². The van der Waals surface area contributed by atoms with Crippen LogP contribution in [0.2, 0.25) is 0 Å². The predicted octanol–water partition coefficient (Wildman–Crippen LogP) is 3.76. The van der Waals surface area contributed by atoms with Crippen LogP contribution in [0.25, 0.3) is 0 Å². The number of carbonyl (C=O) groups excluding carboxylic acids is 2. The summed E-state index contributed by atoms with van der Waals surface area (Å²) in [5, 5.41) is 0. The number of hydrogen-bond donors (Lipinski definition) is 0. The van der Waals surface area contributed by atoms with Crippen LogP contribution in [0, 0.1) is 0 Å². The van der Waals surface area contributed by atoms with Gasteiger partial charge in [-0.3, -0.25) is 4.79 Å². The first-order chi connectivity index (χ1) is 8.88. The Morgan fingerprint density at radius 2 is 1.79 bits per heavy atom. The first kappa shape index (κ1) is 17.4. The maximum absolute atomic E-state index is 11.5. The number of ether oxygens (including phenoxy) is 1. The van der Waals surface area contributed by atoms with Crippen LogP contribution in [0.3, 0.4) is 0 Å². The van der Waals surface area contributed by atoms with Crippen molar-refractivity contribution in [3.05, 3.63) is 36.5 Å². The van der Waals surface area contributed by atoms with Crippen molar-refractivity contribution in [3.8, 4) is 0 Å². The molecule has 0 N–H and O–H groups in total. The second-order valence-corrected chi connectivity index (χ2v) is 4.72. The summed E-state index contributed by atoms with van der Waals surface area (Å²) in [6.45, 7) is 12.5. The molecule has 0 spiro atoms. The number of ketones is 1. The molecule has 0 aromatic carbocycles. The Labute approximate surface area is 116 Å². The van der Waals surface area contributed by atoms with E-state index < -0.39 is 0 Å². The van der Waals surface area contributed by atoms with Gasteiger partial charge in [0.25, 0.3) is 0 Å². The average Bonchev–Trinajstić information content (AvgIpc) is 2.33. The third-order valence-corrected chi connectivity index (χ3v) is 2.58. The lowest BCUT2D eigenvalue weighted by Crippen LogP contribution is -2.18. The fourth-order valence-corrected chi connectivity index (χ4v) is 1.45. The lowest BCUT2D eigenvalue weighted by molar-refractivity contribution is -0.144. The minimum Gasteiger partial charge on any atom is -0.459 e. The molecular weight excluding hydrogens is 240 g/mol. The summed E-state index contributed by atoms with van der Waals surface area (Å²) in [5.74, 6) is -0.411. The van der Waals surface area contributed by atoms with Crippen LogP contribution in [0.15, 0.2) is 36.5 Å². The molecule has 0 aromatic rings. The molecule has 3 heteroatoms. The highest BCUT2D eigenvalue weighted by molar-refractivity contribution is 6.02. The fraction of sp³-hybridized carbons (Fsp3) is 0.500. The molecule has 1 unspecified atom stereocenters. The van der Waals surface area contributed by atoms with Crippen molar-refractivity contribution in [2.45, 2.75) is 52.6 Å². The molecule has 0 amide bonds. The Balaban J connectivity index is 4.22. The van der Waals surface area contributed by atoms with E-state index in [9.17, 15) is 9.59 Å². The minimum absolute atomic E-state index is 0.0639. The van der Waals surface area contributed by atoms with Crippen LogP contribution in [-0.2, 0) is 14.3 Å². The van der Waals surface area contributed by atoms with Crippen LogP contribution in [-0.4, -0.2) is 17.9 Å². The van der Waals surface area contributed by atoms with Crippen LogP contribution in [0.5, 0.6) is 0 Å². The molecule has 0 aliphatic carbocycles. The van der Waals surface area contributed by atoms with Gasteiger partial charge in [0, 0.05) is 5.57 Å². The summed E-state index contributed by atoms with van der Waals surface area (Å²) in [6, 6.07) is 0. The Kier molecular flexibility index (Phi) is 8.51. The smallest absolute Gasteiger partial charge is 0.333 e. The highest BCUT2D eigenvalue weighted by atomic mass is 16.5. The van der Waals surface area contributed by atoms with Gasteiger partial charge >= 0.3 is 5.97 Å². The van der Waals surface area contributed by atoms with E-state index in [2.05, 4.69) is 13.2 Å². The fourth-order valence-electron chi connectivity index (χ4n) is 1.45. The van der Waals surface area contributed by atoms with Crippen molar-refractivity contribution in [1.82, 2.24) is 0 Å². The van der Waals surface area contributed by atoms with Gasteiger partial charge in [0.1, 0.15) is 6.10 Å². The Morgan fingerprint density at radius 1 is 1.16 bits per heavy atom. The topological polar surface area (TPSA) is 43.4 Å². The molecule has 0 saturated heterocycles. The SMILES string of the molecule is C=C(C)C(=O)C=CCCC(CCC)OC(=O)C(=C)C. The molecule has 19 heavy (non-hydrogen) atoms. The second-order valence-electron chi connectivity index (χ2n) is 4.72. The molecule has 106 valence electrons. The largest absolute Gasteiger partial charge is 0.459 e. The molecule has 0 radical (unpaired) electrons. The zero-order valence-corrected chi connectivity index (χ0v) is 12.2. The van der Waals surface area contributed by atoms with E-state index in [1.165, 1.54) is 6.08 Å². The lowest BCUT2D eigenvalue weighted by atomic mass is 10.1. The summed E-state index contributed by atoms with van der Waals surface area (Å²) >= 11 is 0. The molecule has 1 atom stereocenters. The highest BCUT2D eigenvalue weighted by Crippen LogP contribution is 2.12. The number of rotatable bonds is 9. The third-order valence-electron chi connectivity index (χ3n) is 2.58. The van der Waals surface area contributed by atoms with Crippen molar-refractivity contribution in [3.63, 3.8) is 0 Å².